The molecule has 25 heavy (non-hydrogen) atoms. The number of nitrogens with one attached hydrogen (secondary N) is 1. The van der Waals surface area contributed by atoms with Crippen molar-refractivity contribution in [2.75, 3.05) is 26.2 Å². The maximum absolute atomic E-state index is 12.5. The van der Waals surface area contributed by atoms with Gasteiger partial charge in [0.25, 0.3) is 0 Å². The Bertz CT molecular complexity index is 576. The van der Waals surface area contributed by atoms with Crippen molar-refractivity contribution in [2.24, 2.45) is 5.92 Å². The van der Waals surface area contributed by atoms with Crippen molar-refractivity contribution in [2.45, 2.75) is 45.2 Å². The minimum absolute atomic E-state index is 0.0631. The van der Waals surface area contributed by atoms with Crippen LogP contribution < -0.4 is 5.32 Å². The molecule has 0 saturated carbocycles. The van der Waals surface area contributed by atoms with Crippen molar-refractivity contribution in [1.82, 2.24) is 15.1 Å². The Morgan fingerprint density at radius 1 is 1.08 bits per heavy atom. The molecule has 0 spiro atoms. The van der Waals surface area contributed by atoms with Gasteiger partial charge < -0.3 is 10.2 Å². The molecule has 0 radical (unpaired) electrons. The standard InChI is InChI=1S/C20H29N3O2/c1-16(19(24)21-15-17-7-3-2-4-8-17)22-13-9-18(10-14-22)20(25)23-11-5-6-12-23/h2-4,7-8,16,18H,5-6,9-15H2,1H3,(H,21,24). The van der Waals surface area contributed by atoms with Gasteiger partial charge in [0.05, 0.1) is 6.04 Å². The van der Waals surface area contributed by atoms with Crippen LogP contribution in [0.5, 0.6) is 0 Å². The van der Waals surface area contributed by atoms with Crippen LogP contribution in [0.2, 0.25) is 0 Å². The largest absolute Gasteiger partial charge is 0.351 e. The topological polar surface area (TPSA) is 52.7 Å². The van der Waals surface area contributed by atoms with Gasteiger partial charge in [0, 0.05) is 25.6 Å². The highest BCUT2D eigenvalue weighted by molar-refractivity contribution is 5.81. The highest BCUT2D eigenvalue weighted by Crippen LogP contribution is 2.23. The lowest BCUT2D eigenvalue weighted by Crippen LogP contribution is -2.49. The van der Waals surface area contributed by atoms with Gasteiger partial charge in [-0.2, -0.15) is 0 Å². The number of carbonyl (C=O) groups is 2. The highest BCUT2D eigenvalue weighted by Gasteiger charge is 2.32. The van der Waals surface area contributed by atoms with Gasteiger partial charge in [0.1, 0.15) is 0 Å². The number of piperidine rings is 1. The summed E-state index contributed by atoms with van der Waals surface area (Å²) in [6.45, 7) is 6.03. The molecule has 5 nitrogen and oxygen atoms in total. The predicted molar refractivity (Wildman–Crippen MR) is 97.9 cm³/mol. The average molecular weight is 343 g/mol. The molecule has 1 atom stereocenters. The van der Waals surface area contributed by atoms with Gasteiger partial charge >= 0.3 is 0 Å². The van der Waals surface area contributed by atoms with Crippen LogP contribution in [0, 0.1) is 5.92 Å². The van der Waals surface area contributed by atoms with Crippen LogP contribution in [-0.4, -0.2) is 53.8 Å². The molecule has 2 heterocycles. The van der Waals surface area contributed by atoms with Gasteiger partial charge in [-0.05, 0) is 51.3 Å². The Morgan fingerprint density at radius 2 is 1.72 bits per heavy atom. The summed E-state index contributed by atoms with van der Waals surface area (Å²) in [5, 5.41) is 3.02. The Morgan fingerprint density at radius 3 is 2.36 bits per heavy atom. The second-order valence-corrected chi connectivity index (χ2v) is 7.22. The molecule has 1 aromatic rings. The third-order valence-corrected chi connectivity index (χ3v) is 5.53. The van der Waals surface area contributed by atoms with E-state index in [9.17, 15) is 9.59 Å². The van der Waals surface area contributed by atoms with Gasteiger partial charge in [0.2, 0.25) is 11.8 Å². The fourth-order valence-corrected chi connectivity index (χ4v) is 3.83. The first-order chi connectivity index (χ1) is 12.1. The molecule has 2 aliphatic rings. The molecule has 5 heteroatoms. The molecule has 0 aliphatic carbocycles. The molecule has 1 N–H and O–H groups in total. The van der Waals surface area contributed by atoms with Crippen molar-refractivity contribution >= 4 is 11.8 Å². The first kappa shape index (κ1) is 17.9. The minimum atomic E-state index is -0.147. The summed E-state index contributed by atoms with van der Waals surface area (Å²) in [7, 11) is 0. The number of rotatable bonds is 5. The van der Waals surface area contributed by atoms with Crippen LogP contribution in [0.4, 0.5) is 0 Å². The van der Waals surface area contributed by atoms with E-state index < -0.39 is 0 Å². The highest BCUT2D eigenvalue weighted by atomic mass is 16.2. The van der Waals surface area contributed by atoms with Crippen LogP contribution in [0.25, 0.3) is 0 Å². The molecule has 2 saturated heterocycles. The fraction of sp³-hybridized carbons (Fsp3) is 0.600. The monoisotopic (exact) mass is 343 g/mol. The SMILES string of the molecule is CC(C(=O)NCc1ccccc1)N1CCC(C(=O)N2CCCC2)CC1. The normalized spacial score (nSPS) is 20.4. The summed E-state index contributed by atoms with van der Waals surface area (Å²) in [4.78, 5) is 29.1. The van der Waals surface area contributed by atoms with E-state index in [2.05, 4.69) is 10.2 Å². The van der Waals surface area contributed by atoms with E-state index >= 15 is 0 Å². The van der Waals surface area contributed by atoms with Gasteiger partial charge in [-0.1, -0.05) is 30.3 Å². The number of amides is 2. The van der Waals surface area contributed by atoms with E-state index in [4.69, 9.17) is 0 Å². The Balaban J connectivity index is 1.43. The van der Waals surface area contributed by atoms with E-state index in [1.54, 1.807) is 0 Å². The van der Waals surface area contributed by atoms with Gasteiger partial charge in [-0.25, -0.2) is 0 Å². The molecule has 1 aromatic carbocycles. The minimum Gasteiger partial charge on any atom is -0.351 e. The summed E-state index contributed by atoms with van der Waals surface area (Å²) < 4.78 is 0. The maximum atomic E-state index is 12.5. The van der Waals surface area contributed by atoms with Crippen molar-refractivity contribution < 1.29 is 9.59 Å². The molecular formula is C20H29N3O2. The van der Waals surface area contributed by atoms with Crippen LogP contribution in [-0.2, 0) is 16.1 Å². The molecule has 2 amide bonds. The molecular weight excluding hydrogens is 314 g/mol. The average Bonchev–Trinajstić information content (AvgIpc) is 3.20. The summed E-state index contributed by atoms with van der Waals surface area (Å²) in [5.41, 5.74) is 1.11. The third kappa shape index (κ3) is 4.60. The molecule has 136 valence electrons. The summed E-state index contributed by atoms with van der Waals surface area (Å²) in [6, 6.07) is 9.81. The van der Waals surface area contributed by atoms with E-state index in [1.165, 1.54) is 0 Å². The number of carbonyl (C=O) groups excluding carboxylic acids is 2. The Kier molecular flexibility index (Phi) is 6.08. The number of hydrogen-bond donors (Lipinski definition) is 1. The summed E-state index contributed by atoms with van der Waals surface area (Å²) in [5.74, 6) is 0.542. The van der Waals surface area contributed by atoms with Crippen molar-refractivity contribution in [1.29, 1.82) is 0 Å². The number of nitrogens with zero attached hydrogens (tertiary/aromatic N) is 2. The molecule has 1 unspecified atom stereocenters. The third-order valence-electron chi connectivity index (χ3n) is 5.53. The Labute approximate surface area is 150 Å². The van der Waals surface area contributed by atoms with Gasteiger partial charge in [0.15, 0.2) is 0 Å². The lowest BCUT2D eigenvalue weighted by Gasteiger charge is -2.36. The van der Waals surface area contributed by atoms with Gasteiger partial charge in [-0.3, -0.25) is 14.5 Å². The zero-order chi connectivity index (χ0) is 17.6. The molecule has 2 aliphatic heterocycles. The van der Waals surface area contributed by atoms with Crippen molar-refractivity contribution in [3.8, 4) is 0 Å². The summed E-state index contributed by atoms with van der Waals surface area (Å²) in [6.07, 6.45) is 4.02. The number of hydrogen-bond acceptors (Lipinski definition) is 3. The van der Waals surface area contributed by atoms with Crippen LogP contribution in [0.1, 0.15) is 38.2 Å². The van der Waals surface area contributed by atoms with Crippen LogP contribution in [0.3, 0.4) is 0 Å². The smallest absolute Gasteiger partial charge is 0.237 e. The first-order valence-corrected chi connectivity index (χ1v) is 9.49. The Hall–Kier alpha value is -1.88. The second-order valence-electron chi connectivity index (χ2n) is 7.22. The van der Waals surface area contributed by atoms with Crippen LogP contribution in [0.15, 0.2) is 30.3 Å². The predicted octanol–water partition coefficient (Wildman–Crippen LogP) is 2.03. The molecule has 2 fully saturated rings. The number of benzene rings is 1. The fourth-order valence-electron chi connectivity index (χ4n) is 3.83. The van der Waals surface area contributed by atoms with Crippen LogP contribution >= 0.6 is 0 Å². The maximum Gasteiger partial charge on any atom is 0.237 e. The lowest BCUT2D eigenvalue weighted by atomic mass is 9.94. The summed E-state index contributed by atoms with van der Waals surface area (Å²) >= 11 is 0. The molecule has 0 bridgehead atoms. The second kappa shape index (κ2) is 8.48. The van der Waals surface area contributed by atoms with E-state index in [0.29, 0.717) is 12.5 Å². The quantitative estimate of drug-likeness (QED) is 0.890. The first-order valence-electron chi connectivity index (χ1n) is 9.49. The number of likely N-dealkylation sites (tertiary alicyclic amines) is 2. The molecule has 3 rings (SSSR count). The van der Waals surface area contributed by atoms with Crippen molar-refractivity contribution in [3.05, 3.63) is 35.9 Å². The van der Waals surface area contributed by atoms with Crippen molar-refractivity contribution in [3.63, 3.8) is 0 Å². The zero-order valence-electron chi connectivity index (χ0n) is 15.1. The van der Waals surface area contributed by atoms with Gasteiger partial charge in [-0.15, -0.1) is 0 Å². The lowest BCUT2D eigenvalue weighted by molar-refractivity contribution is -0.136. The van der Waals surface area contributed by atoms with E-state index in [1.807, 2.05) is 42.2 Å². The van der Waals surface area contributed by atoms with E-state index in [-0.39, 0.29) is 17.9 Å². The van der Waals surface area contributed by atoms with E-state index in [0.717, 1.165) is 57.4 Å². The molecule has 0 aromatic heterocycles. The zero-order valence-corrected chi connectivity index (χ0v) is 15.1.